The topological polar surface area (TPSA) is 0 Å². The molecule has 0 bridgehead atoms. The fourth-order valence-electron chi connectivity index (χ4n) is 2.30. The van der Waals surface area contributed by atoms with Crippen LogP contribution in [-0.2, 0) is 11.5 Å². The second-order valence-electron chi connectivity index (χ2n) is 5.77. The Bertz CT molecular complexity index is 514. The van der Waals surface area contributed by atoms with E-state index in [1.54, 1.807) is 0 Å². The lowest BCUT2D eigenvalue weighted by Crippen LogP contribution is -1.87. The summed E-state index contributed by atoms with van der Waals surface area (Å²) in [5.74, 6) is 4.68. The molecule has 0 fully saturated rings. The van der Waals surface area contributed by atoms with Gasteiger partial charge in [0.25, 0.3) is 0 Å². The fourth-order valence-corrected chi connectivity index (χ4v) is 4.52. The third-order valence-corrected chi connectivity index (χ3v) is 6.42. The molecule has 0 saturated carbocycles. The minimum absolute atomic E-state index is 0.817. The van der Waals surface area contributed by atoms with E-state index in [4.69, 9.17) is 23.2 Å². The van der Waals surface area contributed by atoms with Gasteiger partial charge in [0.15, 0.2) is 0 Å². The van der Waals surface area contributed by atoms with E-state index in [-0.39, 0.29) is 0 Å². The van der Waals surface area contributed by atoms with Crippen LogP contribution < -0.4 is 0 Å². The molecule has 0 atom stereocenters. The Morgan fingerprint density at radius 2 is 0.917 bits per heavy atom. The predicted octanol–water partition coefficient (Wildman–Crippen LogP) is 7.72. The van der Waals surface area contributed by atoms with Crippen molar-refractivity contribution in [1.82, 2.24) is 0 Å². The lowest BCUT2D eigenvalue weighted by atomic mass is 10.2. The Labute approximate surface area is 164 Å². The van der Waals surface area contributed by atoms with Crippen LogP contribution >= 0.6 is 46.7 Å². The third kappa shape index (κ3) is 8.71. The van der Waals surface area contributed by atoms with Crippen LogP contribution in [-0.4, -0.2) is 11.5 Å². The van der Waals surface area contributed by atoms with E-state index >= 15 is 0 Å². The summed E-state index contributed by atoms with van der Waals surface area (Å²) in [4.78, 5) is 0. The molecule has 2 rings (SSSR count). The van der Waals surface area contributed by atoms with Crippen LogP contribution in [0.1, 0.15) is 36.8 Å². The molecule has 0 nitrogen and oxygen atoms in total. The van der Waals surface area contributed by atoms with Crippen molar-refractivity contribution in [2.24, 2.45) is 0 Å². The molecule has 0 aliphatic heterocycles. The van der Waals surface area contributed by atoms with Gasteiger partial charge < -0.3 is 0 Å². The maximum atomic E-state index is 5.89. The summed E-state index contributed by atoms with van der Waals surface area (Å²) in [6.07, 6.45) is 5.32. The summed E-state index contributed by atoms with van der Waals surface area (Å²) >= 11 is 15.8. The molecule has 24 heavy (non-hydrogen) atoms. The average Bonchev–Trinajstić information content (AvgIpc) is 2.60. The van der Waals surface area contributed by atoms with Gasteiger partial charge in [-0.2, -0.15) is 23.5 Å². The van der Waals surface area contributed by atoms with E-state index in [2.05, 4.69) is 24.3 Å². The Hall–Kier alpha value is -0.280. The standard InChI is InChI=1S/C20H24Cl2S2/c21-19-9-5-17(6-10-19)15-23-13-3-1-2-4-14-24-16-18-7-11-20(22)12-8-18/h5-12H,1-4,13-16H2. The average molecular weight is 399 g/mol. The lowest BCUT2D eigenvalue weighted by Gasteiger charge is -2.04. The Morgan fingerprint density at radius 1 is 0.542 bits per heavy atom. The van der Waals surface area contributed by atoms with Crippen molar-refractivity contribution in [2.75, 3.05) is 11.5 Å². The molecule has 4 heteroatoms. The SMILES string of the molecule is Clc1ccc(CSCCCCCCSCc2ccc(Cl)cc2)cc1. The molecule has 0 aliphatic rings. The number of hydrogen-bond acceptors (Lipinski definition) is 2. The maximum absolute atomic E-state index is 5.89. The van der Waals surface area contributed by atoms with Gasteiger partial charge >= 0.3 is 0 Å². The molecule has 0 amide bonds. The first-order valence-electron chi connectivity index (χ1n) is 8.38. The van der Waals surface area contributed by atoms with Crippen LogP contribution in [0.15, 0.2) is 48.5 Å². The first-order chi connectivity index (χ1) is 11.7. The summed E-state index contributed by atoms with van der Waals surface area (Å²) < 4.78 is 0. The Balaban J connectivity index is 1.40. The number of benzene rings is 2. The van der Waals surface area contributed by atoms with E-state index in [1.807, 2.05) is 47.8 Å². The number of halogens is 2. The van der Waals surface area contributed by atoms with E-state index < -0.39 is 0 Å². The molecule has 0 aliphatic carbocycles. The predicted molar refractivity (Wildman–Crippen MR) is 114 cm³/mol. The Morgan fingerprint density at radius 3 is 1.29 bits per heavy atom. The third-order valence-electron chi connectivity index (χ3n) is 3.69. The molecule has 0 spiro atoms. The van der Waals surface area contributed by atoms with Crippen molar-refractivity contribution in [3.8, 4) is 0 Å². The quantitative estimate of drug-likeness (QED) is 0.355. The highest BCUT2D eigenvalue weighted by molar-refractivity contribution is 7.98. The van der Waals surface area contributed by atoms with E-state index in [1.165, 1.54) is 48.3 Å². The van der Waals surface area contributed by atoms with Crippen LogP contribution in [0.25, 0.3) is 0 Å². The second kappa shape index (κ2) is 12.1. The van der Waals surface area contributed by atoms with Crippen molar-refractivity contribution in [3.63, 3.8) is 0 Å². The van der Waals surface area contributed by atoms with Crippen LogP contribution in [0.4, 0.5) is 0 Å². The van der Waals surface area contributed by atoms with Gasteiger partial charge in [0.2, 0.25) is 0 Å². The van der Waals surface area contributed by atoms with Gasteiger partial charge in [-0.15, -0.1) is 0 Å². The summed E-state index contributed by atoms with van der Waals surface area (Å²) in [6, 6.07) is 16.4. The number of thioether (sulfide) groups is 2. The van der Waals surface area contributed by atoms with Crippen LogP contribution in [0.2, 0.25) is 10.0 Å². The highest BCUT2D eigenvalue weighted by Gasteiger charge is 1.97. The van der Waals surface area contributed by atoms with Gasteiger partial charge in [0.05, 0.1) is 0 Å². The molecule has 2 aromatic carbocycles. The monoisotopic (exact) mass is 398 g/mol. The van der Waals surface area contributed by atoms with Crippen molar-refractivity contribution < 1.29 is 0 Å². The maximum Gasteiger partial charge on any atom is 0.0406 e. The van der Waals surface area contributed by atoms with E-state index in [0.29, 0.717) is 0 Å². The first-order valence-corrected chi connectivity index (χ1v) is 11.4. The smallest absolute Gasteiger partial charge is 0.0406 e. The summed E-state index contributed by atoms with van der Waals surface area (Å²) in [5.41, 5.74) is 2.73. The first kappa shape index (κ1) is 20.0. The minimum atomic E-state index is 0.817. The summed E-state index contributed by atoms with van der Waals surface area (Å²) in [5, 5.41) is 1.63. The molecule has 0 unspecified atom stereocenters. The summed E-state index contributed by atoms with van der Waals surface area (Å²) in [6.45, 7) is 0. The van der Waals surface area contributed by atoms with Crippen molar-refractivity contribution >= 4 is 46.7 Å². The van der Waals surface area contributed by atoms with Crippen LogP contribution in [0.5, 0.6) is 0 Å². The normalized spacial score (nSPS) is 10.9. The van der Waals surface area contributed by atoms with Crippen molar-refractivity contribution in [2.45, 2.75) is 37.2 Å². The molecular weight excluding hydrogens is 375 g/mol. The zero-order chi connectivity index (χ0) is 17.0. The van der Waals surface area contributed by atoms with Gasteiger partial charge in [0.1, 0.15) is 0 Å². The minimum Gasteiger partial charge on any atom is -0.157 e. The van der Waals surface area contributed by atoms with Gasteiger partial charge in [-0.3, -0.25) is 0 Å². The molecule has 0 saturated heterocycles. The van der Waals surface area contributed by atoms with Crippen LogP contribution in [0, 0.1) is 0 Å². The number of unbranched alkanes of at least 4 members (excludes halogenated alkanes) is 3. The highest BCUT2D eigenvalue weighted by Crippen LogP contribution is 2.19. The Kier molecular flexibility index (Phi) is 10.1. The van der Waals surface area contributed by atoms with Gasteiger partial charge in [-0.05, 0) is 59.7 Å². The van der Waals surface area contributed by atoms with Crippen molar-refractivity contribution in [3.05, 3.63) is 69.7 Å². The lowest BCUT2D eigenvalue weighted by molar-refractivity contribution is 0.711. The molecule has 0 aromatic heterocycles. The van der Waals surface area contributed by atoms with E-state index in [0.717, 1.165) is 21.6 Å². The molecule has 0 N–H and O–H groups in total. The second-order valence-corrected chi connectivity index (χ2v) is 8.86. The van der Waals surface area contributed by atoms with Crippen molar-refractivity contribution in [1.29, 1.82) is 0 Å². The molecule has 2 aromatic rings. The molecular formula is C20H24Cl2S2. The number of rotatable bonds is 11. The molecule has 0 heterocycles. The molecule has 130 valence electrons. The molecule has 0 radical (unpaired) electrons. The highest BCUT2D eigenvalue weighted by atomic mass is 35.5. The summed E-state index contributed by atoms with van der Waals surface area (Å²) in [7, 11) is 0. The van der Waals surface area contributed by atoms with Gasteiger partial charge in [-0.25, -0.2) is 0 Å². The van der Waals surface area contributed by atoms with Crippen LogP contribution in [0.3, 0.4) is 0 Å². The van der Waals surface area contributed by atoms with Gasteiger partial charge in [0, 0.05) is 21.6 Å². The number of hydrogen-bond donors (Lipinski definition) is 0. The zero-order valence-corrected chi connectivity index (χ0v) is 17.0. The fraction of sp³-hybridized carbons (Fsp3) is 0.400. The van der Waals surface area contributed by atoms with E-state index in [9.17, 15) is 0 Å². The zero-order valence-electron chi connectivity index (χ0n) is 13.8. The largest absolute Gasteiger partial charge is 0.157 e. The van der Waals surface area contributed by atoms with Gasteiger partial charge in [-0.1, -0.05) is 60.3 Å².